The summed E-state index contributed by atoms with van der Waals surface area (Å²) in [5.74, 6) is 0. The number of nitrogens with zero attached hydrogens (tertiary/aromatic N) is 2. The summed E-state index contributed by atoms with van der Waals surface area (Å²) >= 11 is 0. The number of benzene rings is 1. The van der Waals surface area contributed by atoms with Crippen LogP contribution in [0.3, 0.4) is 0 Å². The summed E-state index contributed by atoms with van der Waals surface area (Å²) in [4.78, 5) is 8.65. The van der Waals surface area contributed by atoms with E-state index < -0.39 is 0 Å². The molecule has 0 amide bonds. The van der Waals surface area contributed by atoms with Crippen LogP contribution in [0.4, 0.5) is 0 Å². The second kappa shape index (κ2) is 4.20. The summed E-state index contributed by atoms with van der Waals surface area (Å²) in [5.41, 5.74) is 3.59. The first-order valence-corrected chi connectivity index (χ1v) is 5.91. The van der Waals surface area contributed by atoms with E-state index in [9.17, 15) is 0 Å². The molecule has 2 nitrogen and oxygen atoms in total. The molecule has 0 bridgehead atoms. The molecule has 0 aliphatic heterocycles. The predicted molar refractivity (Wildman–Crippen MR) is 67.5 cm³/mol. The van der Waals surface area contributed by atoms with Gasteiger partial charge in [-0.1, -0.05) is 26.8 Å². The Morgan fingerprint density at radius 3 is 2.25 bits per heavy atom. The molecule has 16 heavy (non-hydrogen) atoms. The minimum absolute atomic E-state index is 0.256. The fraction of sp³-hybridized carbons (Fsp3) is 0.429. The van der Waals surface area contributed by atoms with E-state index >= 15 is 0 Å². The highest BCUT2D eigenvalue weighted by atomic mass is 14.8. The Balaban J connectivity index is 2.54. The van der Waals surface area contributed by atoms with Crippen molar-refractivity contribution in [3.63, 3.8) is 0 Å². The Kier molecular flexibility index (Phi) is 2.90. The Morgan fingerprint density at radius 2 is 1.62 bits per heavy atom. The van der Waals surface area contributed by atoms with Crippen molar-refractivity contribution in [3.8, 4) is 0 Å². The van der Waals surface area contributed by atoms with Crippen LogP contribution in [0.25, 0.3) is 11.0 Å². The van der Waals surface area contributed by atoms with Gasteiger partial charge < -0.3 is 0 Å². The standard InChI is InChI=1S/C14H18N2/c1-4-14(3,5-2)11-6-7-12-13(10-11)16-9-8-15-12/h6-10H,4-5H2,1-3H3. The van der Waals surface area contributed by atoms with Crippen molar-refractivity contribution < 1.29 is 0 Å². The lowest BCUT2D eigenvalue weighted by molar-refractivity contribution is 0.439. The first kappa shape index (κ1) is 11.1. The molecular weight excluding hydrogens is 196 g/mol. The molecule has 0 aliphatic carbocycles. The maximum atomic E-state index is 4.36. The summed E-state index contributed by atoms with van der Waals surface area (Å²) in [7, 11) is 0. The molecule has 2 aromatic rings. The van der Waals surface area contributed by atoms with E-state index in [0.29, 0.717) is 0 Å². The molecule has 0 saturated heterocycles. The Hall–Kier alpha value is -1.44. The van der Waals surface area contributed by atoms with Crippen molar-refractivity contribution in [3.05, 3.63) is 36.2 Å². The average Bonchev–Trinajstić information content (AvgIpc) is 2.37. The lowest BCUT2D eigenvalue weighted by Crippen LogP contribution is -2.19. The van der Waals surface area contributed by atoms with Crippen LogP contribution in [-0.4, -0.2) is 9.97 Å². The van der Waals surface area contributed by atoms with Gasteiger partial charge in [0.05, 0.1) is 11.0 Å². The van der Waals surface area contributed by atoms with Crippen molar-refractivity contribution in [2.24, 2.45) is 0 Å². The maximum Gasteiger partial charge on any atom is 0.0889 e. The third-order valence-electron chi connectivity index (χ3n) is 3.73. The molecule has 1 aromatic heterocycles. The molecule has 1 aromatic carbocycles. The second-order valence-corrected chi connectivity index (χ2v) is 4.53. The molecule has 0 N–H and O–H groups in total. The number of rotatable bonds is 3. The molecule has 2 heteroatoms. The van der Waals surface area contributed by atoms with Gasteiger partial charge in [-0.3, -0.25) is 9.97 Å². The van der Waals surface area contributed by atoms with Gasteiger partial charge in [0.25, 0.3) is 0 Å². The minimum atomic E-state index is 0.256. The molecule has 1 heterocycles. The molecular formula is C14H18N2. The van der Waals surface area contributed by atoms with Crippen molar-refractivity contribution in [1.29, 1.82) is 0 Å². The molecule has 0 radical (unpaired) electrons. The van der Waals surface area contributed by atoms with Crippen LogP contribution >= 0.6 is 0 Å². The number of fused-ring (bicyclic) bond motifs is 1. The molecule has 0 fully saturated rings. The highest BCUT2D eigenvalue weighted by Gasteiger charge is 2.22. The van der Waals surface area contributed by atoms with Gasteiger partial charge in [0.15, 0.2) is 0 Å². The van der Waals surface area contributed by atoms with E-state index in [1.165, 1.54) is 5.56 Å². The molecule has 0 unspecified atom stereocenters. The van der Waals surface area contributed by atoms with E-state index in [4.69, 9.17) is 0 Å². The monoisotopic (exact) mass is 214 g/mol. The molecule has 84 valence electrons. The molecule has 0 aliphatic rings. The summed E-state index contributed by atoms with van der Waals surface area (Å²) in [6.07, 6.45) is 5.78. The van der Waals surface area contributed by atoms with Crippen molar-refractivity contribution in [1.82, 2.24) is 9.97 Å². The van der Waals surface area contributed by atoms with Crippen LogP contribution in [0, 0.1) is 0 Å². The summed E-state index contributed by atoms with van der Waals surface area (Å²) < 4.78 is 0. The zero-order valence-corrected chi connectivity index (χ0v) is 10.2. The van der Waals surface area contributed by atoms with Gasteiger partial charge in [0.1, 0.15) is 0 Å². The predicted octanol–water partition coefficient (Wildman–Crippen LogP) is 3.71. The topological polar surface area (TPSA) is 25.8 Å². The summed E-state index contributed by atoms with van der Waals surface area (Å²) in [6.45, 7) is 6.79. The quantitative estimate of drug-likeness (QED) is 0.778. The van der Waals surface area contributed by atoms with Gasteiger partial charge >= 0.3 is 0 Å². The van der Waals surface area contributed by atoms with Crippen molar-refractivity contribution in [2.45, 2.75) is 39.0 Å². The van der Waals surface area contributed by atoms with Gasteiger partial charge in [0.2, 0.25) is 0 Å². The largest absolute Gasteiger partial charge is 0.253 e. The first-order valence-electron chi connectivity index (χ1n) is 5.91. The normalized spacial score (nSPS) is 11.9. The van der Waals surface area contributed by atoms with Gasteiger partial charge in [0, 0.05) is 12.4 Å². The Bertz CT molecular complexity index is 487. The van der Waals surface area contributed by atoms with Gasteiger partial charge in [-0.25, -0.2) is 0 Å². The van der Waals surface area contributed by atoms with E-state index in [1.807, 2.05) is 0 Å². The van der Waals surface area contributed by atoms with Crippen molar-refractivity contribution in [2.75, 3.05) is 0 Å². The maximum absolute atomic E-state index is 4.36. The number of aromatic nitrogens is 2. The third kappa shape index (κ3) is 1.80. The van der Waals surface area contributed by atoms with Crippen LogP contribution in [0.1, 0.15) is 39.2 Å². The van der Waals surface area contributed by atoms with Gasteiger partial charge in [-0.05, 0) is 36.0 Å². The number of hydrogen-bond acceptors (Lipinski definition) is 2. The van der Waals surface area contributed by atoms with Crippen LogP contribution in [0.15, 0.2) is 30.6 Å². The van der Waals surface area contributed by atoms with Gasteiger partial charge in [-0.15, -0.1) is 0 Å². The lowest BCUT2D eigenvalue weighted by Gasteiger charge is -2.27. The van der Waals surface area contributed by atoms with Gasteiger partial charge in [-0.2, -0.15) is 0 Å². The SMILES string of the molecule is CCC(C)(CC)c1ccc2nccnc2c1. The van der Waals surface area contributed by atoms with Crippen LogP contribution in [0.2, 0.25) is 0 Å². The third-order valence-corrected chi connectivity index (χ3v) is 3.73. The van der Waals surface area contributed by atoms with E-state index in [2.05, 4.69) is 48.9 Å². The zero-order chi connectivity index (χ0) is 11.6. The lowest BCUT2D eigenvalue weighted by atomic mass is 9.78. The smallest absolute Gasteiger partial charge is 0.0889 e. The average molecular weight is 214 g/mol. The van der Waals surface area contributed by atoms with Crippen LogP contribution in [-0.2, 0) is 5.41 Å². The van der Waals surface area contributed by atoms with E-state index in [1.54, 1.807) is 12.4 Å². The minimum Gasteiger partial charge on any atom is -0.253 e. The fourth-order valence-corrected chi connectivity index (χ4v) is 2.00. The Morgan fingerprint density at radius 1 is 1.00 bits per heavy atom. The first-order chi connectivity index (χ1) is 7.69. The second-order valence-electron chi connectivity index (χ2n) is 4.53. The molecule has 2 rings (SSSR count). The highest BCUT2D eigenvalue weighted by Crippen LogP contribution is 2.31. The fourth-order valence-electron chi connectivity index (χ4n) is 2.00. The van der Waals surface area contributed by atoms with E-state index in [-0.39, 0.29) is 5.41 Å². The van der Waals surface area contributed by atoms with Crippen LogP contribution in [0.5, 0.6) is 0 Å². The zero-order valence-electron chi connectivity index (χ0n) is 10.2. The van der Waals surface area contributed by atoms with Crippen molar-refractivity contribution >= 4 is 11.0 Å². The Labute approximate surface area is 96.7 Å². The molecule has 0 atom stereocenters. The summed E-state index contributed by atoms with van der Waals surface area (Å²) in [6, 6.07) is 6.43. The van der Waals surface area contributed by atoms with E-state index in [0.717, 1.165) is 23.9 Å². The molecule has 0 saturated carbocycles. The molecule has 0 spiro atoms. The summed E-state index contributed by atoms with van der Waals surface area (Å²) in [5, 5.41) is 0. The highest BCUT2D eigenvalue weighted by molar-refractivity contribution is 5.74. The van der Waals surface area contributed by atoms with Crippen LogP contribution < -0.4 is 0 Å². The number of hydrogen-bond donors (Lipinski definition) is 0.